The van der Waals surface area contributed by atoms with Crippen LogP contribution in [0.3, 0.4) is 0 Å². The molecule has 9 nitrogen and oxygen atoms in total. The molecule has 0 saturated heterocycles. The standard InChI is InChI=1S/C19H19N5O4/c25-7-2-5-24-9-13(12-3-1-4-20-17(12)24)15-16(19(28)22-18(15)27)14-10-23(6-8-26)11-21-14/h1,3-4,9-11,25-26H,2,5-8H2,(H,22,27,28). The van der Waals surface area contributed by atoms with Crippen LogP contribution in [-0.2, 0) is 22.7 Å². The first-order valence-electron chi connectivity index (χ1n) is 8.92. The van der Waals surface area contributed by atoms with E-state index in [2.05, 4.69) is 15.3 Å². The summed E-state index contributed by atoms with van der Waals surface area (Å²) in [5.74, 6) is -0.990. The van der Waals surface area contributed by atoms with E-state index in [0.29, 0.717) is 36.4 Å². The fourth-order valence-electron chi connectivity index (χ4n) is 3.42. The van der Waals surface area contributed by atoms with E-state index in [0.717, 1.165) is 5.39 Å². The van der Waals surface area contributed by atoms with Crippen LogP contribution in [0.5, 0.6) is 0 Å². The number of fused-ring (bicyclic) bond motifs is 1. The number of imide groups is 1. The third kappa shape index (κ3) is 3.00. The predicted molar refractivity (Wildman–Crippen MR) is 101 cm³/mol. The number of aliphatic hydroxyl groups is 2. The second-order valence-corrected chi connectivity index (χ2v) is 6.44. The molecule has 0 bridgehead atoms. The van der Waals surface area contributed by atoms with Crippen LogP contribution in [0.4, 0.5) is 0 Å². The van der Waals surface area contributed by atoms with Crippen LogP contribution in [0.15, 0.2) is 37.1 Å². The molecular formula is C19H19N5O4. The maximum atomic E-state index is 12.6. The summed E-state index contributed by atoms with van der Waals surface area (Å²) in [6.45, 7) is 0.858. The number of amides is 2. The maximum Gasteiger partial charge on any atom is 0.261 e. The first-order chi connectivity index (χ1) is 13.6. The Morgan fingerprint density at radius 1 is 1.00 bits per heavy atom. The van der Waals surface area contributed by atoms with Crippen molar-refractivity contribution in [3.8, 4) is 0 Å². The minimum Gasteiger partial charge on any atom is -0.396 e. The van der Waals surface area contributed by atoms with Crippen LogP contribution >= 0.6 is 0 Å². The molecule has 0 fully saturated rings. The minimum atomic E-state index is -0.505. The topological polar surface area (TPSA) is 122 Å². The van der Waals surface area contributed by atoms with Gasteiger partial charge in [-0.1, -0.05) is 0 Å². The fraction of sp³-hybridized carbons (Fsp3) is 0.263. The number of imidazole rings is 1. The monoisotopic (exact) mass is 381 g/mol. The quantitative estimate of drug-likeness (QED) is 0.502. The number of hydrogen-bond acceptors (Lipinski definition) is 6. The molecule has 3 N–H and O–H groups in total. The van der Waals surface area contributed by atoms with Gasteiger partial charge >= 0.3 is 0 Å². The molecule has 0 aliphatic carbocycles. The average Bonchev–Trinajstić information content (AvgIpc) is 3.36. The molecule has 0 radical (unpaired) electrons. The third-order valence-electron chi connectivity index (χ3n) is 4.64. The molecule has 4 heterocycles. The van der Waals surface area contributed by atoms with Crippen LogP contribution in [0.2, 0.25) is 0 Å². The van der Waals surface area contributed by atoms with Crippen molar-refractivity contribution in [2.24, 2.45) is 0 Å². The fourth-order valence-corrected chi connectivity index (χ4v) is 3.42. The molecule has 3 aromatic rings. The normalized spacial score (nSPS) is 14.4. The summed E-state index contributed by atoms with van der Waals surface area (Å²) in [6.07, 6.45) is 7.13. The lowest BCUT2D eigenvalue weighted by Crippen LogP contribution is -2.22. The summed E-state index contributed by atoms with van der Waals surface area (Å²) >= 11 is 0. The lowest BCUT2D eigenvalue weighted by Gasteiger charge is -2.01. The summed E-state index contributed by atoms with van der Waals surface area (Å²) in [5.41, 5.74) is 2.09. The first kappa shape index (κ1) is 18.1. The highest BCUT2D eigenvalue weighted by Gasteiger charge is 2.35. The van der Waals surface area contributed by atoms with E-state index in [1.807, 2.05) is 10.6 Å². The minimum absolute atomic E-state index is 0.0387. The molecule has 0 spiro atoms. The van der Waals surface area contributed by atoms with Crippen LogP contribution in [0.1, 0.15) is 17.7 Å². The number of nitrogens with zero attached hydrogens (tertiary/aromatic N) is 4. The van der Waals surface area contributed by atoms with Gasteiger partial charge in [-0.05, 0) is 18.6 Å². The molecule has 28 heavy (non-hydrogen) atoms. The van der Waals surface area contributed by atoms with Crippen LogP contribution in [0.25, 0.3) is 22.2 Å². The Morgan fingerprint density at radius 2 is 1.82 bits per heavy atom. The Bertz CT molecular complexity index is 1090. The zero-order valence-corrected chi connectivity index (χ0v) is 15.0. The lowest BCUT2D eigenvalue weighted by molar-refractivity contribution is -0.122. The van der Waals surface area contributed by atoms with Crippen molar-refractivity contribution in [2.45, 2.75) is 19.5 Å². The maximum absolute atomic E-state index is 12.6. The van der Waals surface area contributed by atoms with Crippen LogP contribution in [0, 0.1) is 0 Å². The van der Waals surface area contributed by atoms with Crippen molar-refractivity contribution < 1.29 is 19.8 Å². The van der Waals surface area contributed by atoms with Crippen molar-refractivity contribution in [3.05, 3.63) is 48.3 Å². The molecule has 4 rings (SSSR count). The smallest absolute Gasteiger partial charge is 0.261 e. The Hall–Kier alpha value is -3.30. The van der Waals surface area contributed by atoms with E-state index in [1.54, 1.807) is 29.2 Å². The van der Waals surface area contributed by atoms with E-state index in [1.165, 1.54) is 6.33 Å². The van der Waals surface area contributed by atoms with E-state index in [-0.39, 0.29) is 24.4 Å². The van der Waals surface area contributed by atoms with Crippen molar-refractivity contribution in [2.75, 3.05) is 13.2 Å². The molecule has 0 atom stereocenters. The number of pyridine rings is 1. The first-order valence-corrected chi connectivity index (χ1v) is 8.92. The van der Waals surface area contributed by atoms with Crippen LogP contribution in [-0.4, -0.2) is 54.3 Å². The number of nitrogens with one attached hydrogen (secondary N) is 1. The third-order valence-corrected chi connectivity index (χ3v) is 4.64. The summed E-state index contributed by atoms with van der Waals surface area (Å²) in [7, 11) is 0. The van der Waals surface area contributed by atoms with Crippen molar-refractivity contribution in [1.82, 2.24) is 24.4 Å². The zero-order chi connectivity index (χ0) is 19.7. The van der Waals surface area contributed by atoms with E-state index in [4.69, 9.17) is 10.2 Å². The summed E-state index contributed by atoms with van der Waals surface area (Å²) in [4.78, 5) is 33.8. The molecular weight excluding hydrogens is 362 g/mol. The molecule has 9 heteroatoms. The average molecular weight is 381 g/mol. The molecule has 1 aliphatic rings. The summed E-state index contributed by atoms with van der Waals surface area (Å²) in [6, 6.07) is 3.62. The second-order valence-electron chi connectivity index (χ2n) is 6.44. The lowest BCUT2D eigenvalue weighted by atomic mass is 10.00. The molecule has 1 aliphatic heterocycles. The Kier molecular flexibility index (Phi) is 4.76. The summed E-state index contributed by atoms with van der Waals surface area (Å²) in [5, 5.41) is 21.3. The molecule has 144 valence electrons. The summed E-state index contributed by atoms with van der Waals surface area (Å²) < 4.78 is 3.52. The van der Waals surface area contributed by atoms with Gasteiger partial charge in [0.15, 0.2) is 0 Å². The zero-order valence-electron chi connectivity index (χ0n) is 15.0. The largest absolute Gasteiger partial charge is 0.396 e. The second kappa shape index (κ2) is 7.37. The highest BCUT2D eigenvalue weighted by Crippen LogP contribution is 2.35. The number of aryl methyl sites for hydroxylation is 1. The van der Waals surface area contributed by atoms with Gasteiger partial charge in [0.1, 0.15) is 5.65 Å². The van der Waals surface area contributed by atoms with Crippen LogP contribution < -0.4 is 5.32 Å². The predicted octanol–water partition coefficient (Wildman–Crippen LogP) is 0.175. The van der Waals surface area contributed by atoms with Crippen molar-refractivity contribution >= 4 is 34.0 Å². The van der Waals surface area contributed by atoms with Crippen molar-refractivity contribution in [3.63, 3.8) is 0 Å². The Labute approximate surface area is 159 Å². The number of rotatable bonds is 7. The van der Waals surface area contributed by atoms with E-state index in [9.17, 15) is 9.59 Å². The highest BCUT2D eigenvalue weighted by molar-refractivity contribution is 6.49. The molecule has 2 amide bonds. The number of aliphatic hydroxyl groups excluding tert-OH is 2. The molecule has 0 aromatic carbocycles. The van der Waals surface area contributed by atoms with Gasteiger partial charge < -0.3 is 19.3 Å². The number of hydrogen-bond donors (Lipinski definition) is 3. The van der Waals surface area contributed by atoms with E-state index >= 15 is 0 Å². The molecule has 0 saturated carbocycles. The molecule has 0 unspecified atom stereocenters. The SMILES string of the molecule is O=C1NC(=O)C(c2cn(CCCO)c3ncccc23)=C1c1cn(CCO)cn1. The Morgan fingerprint density at radius 3 is 2.61 bits per heavy atom. The van der Waals surface area contributed by atoms with Gasteiger partial charge in [-0.15, -0.1) is 0 Å². The number of aromatic nitrogens is 4. The number of carbonyl (C=O) groups excluding carboxylic acids is 2. The van der Waals surface area contributed by atoms with Gasteiger partial charge in [0.25, 0.3) is 11.8 Å². The van der Waals surface area contributed by atoms with E-state index < -0.39 is 11.8 Å². The Balaban J connectivity index is 1.90. The van der Waals surface area contributed by atoms with Gasteiger partial charge in [0, 0.05) is 49.2 Å². The number of carbonyl (C=O) groups is 2. The van der Waals surface area contributed by atoms with Gasteiger partial charge in [-0.2, -0.15) is 0 Å². The highest BCUT2D eigenvalue weighted by atomic mass is 16.3. The molecule has 3 aromatic heterocycles. The van der Waals surface area contributed by atoms with Gasteiger partial charge in [-0.25, -0.2) is 9.97 Å². The van der Waals surface area contributed by atoms with Gasteiger partial charge in [-0.3, -0.25) is 14.9 Å². The van der Waals surface area contributed by atoms with Gasteiger partial charge in [0.2, 0.25) is 0 Å². The van der Waals surface area contributed by atoms with Gasteiger partial charge in [0.05, 0.1) is 29.8 Å². The van der Waals surface area contributed by atoms with Crippen molar-refractivity contribution in [1.29, 1.82) is 0 Å².